The summed E-state index contributed by atoms with van der Waals surface area (Å²) in [6, 6.07) is 7.58. The van der Waals surface area contributed by atoms with Crippen LogP contribution < -0.4 is 5.63 Å². The number of furan rings is 1. The van der Waals surface area contributed by atoms with Crippen molar-refractivity contribution in [1.29, 1.82) is 0 Å². The molecule has 0 aliphatic carbocycles. The van der Waals surface area contributed by atoms with Gasteiger partial charge in [0, 0.05) is 35.1 Å². The Morgan fingerprint density at radius 3 is 2.50 bits per heavy atom. The molecule has 5 rings (SSSR count). The number of hydrogen-bond donors (Lipinski definition) is 0. The number of aryl methyl sites for hydroxylation is 3. The molecule has 5 nitrogen and oxygen atoms in total. The van der Waals surface area contributed by atoms with E-state index in [0.29, 0.717) is 11.3 Å². The number of likely N-dealkylation sites (tertiary alicyclic amines) is 1. The second-order valence-electron chi connectivity index (χ2n) is 8.47. The quantitative estimate of drug-likeness (QED) is 0.423. The molecule has 0 saturated carbocycles. The van der Waals surface area contributed by atoms with Gasteiger partial charge in [0.05, 0.1) is 5.69 Å². The Morgan fingerprint density at radius 1 is 0.933 bits per heavy atom. The van der Waals surface area contributed by atoms with Crippen molar-refractivity contribution in [2.75, 3.05) is 13.1 Å². The van der Waals surface area contributed by atoms with E-state index in [2.05, 4.69) is 28.9 Å². The smallest absolute Gasteiger partial charge is 0.336 e. The van der Waals surface area contributed by atoms with Gasteiger partial charge in [-0.05, 0) is 81.6 Å². The number of piperidine rings is 1. The topological polar surface area (TPSA) is 59.5 Å². The summed E-state index contributed by atoms with van der Waals surface area (Å²) in [4.78, 5) is 19.3. The average Bonchev–Trinajstić information content (AvgIpc) is 3.18. The summed E-state index contributed by atoms with van der Waals surface area (Å²) < 4.78 is 11.8. The second kappa shape index (κ2) is 7.40. The molecule has 1 saturated heterocycles. The third-order valence-corrected chi connectivity index (χ3v) is 6.29. The van der Waals surface area contributed by atoms with Crippen LogP contribution in [-0.2, 0) is 6.54 Å². The predicted molar refractivity (Wildman–Crippen MR) is 119 cm³/mol. The Kier molecular flexibility index (Phi) is 4.70. The van der Waals surface area contributed by atoms with Crippen LogP contribution in [0.2, 0.25) is 0 Å². The highest BCUT2D eigenvalue weighted by atomic mass is 16.4. The lowest BCUT2D eigenvalue weighted by Crippen LogP contribution is -2.29. The van der Waals surface area contributed by atoms with Crippen LogP contribution in [-0.4, -0.2) is 23.0 Å². The van der Waals surface area contributed by atoms with Crippen LogP contribution in [0, 0.1) is 20.8 Å². The maximum absolute atomic E-state index is 12.3. The number of pyridine rings is 1. The molecular weight excluding hydrogens is 376 g/mol. The van der Waals surface area contributed by atoms with Crippen molar-refractivity contribution in [3.8, 4) is 11.3 Å². The number of fused-ring (bicyclic) bond motifs is 2. The van der Waals surface area contributed by atoms with E-state index in [1.807, 2.05) is 26.1 Å². The fraction of sp³-hybridized carbons (Fsp3) is 0.360. The molecule has 0 amide bonds. The second-order valence-corrected chi connectivity index (χ2v) is 8.47. The zero-order valence-electron chi connectivity index (χ0n) is 17.7. The molecule has 30 heavy (non-hydrogen) atoms. The number of aromatic nitrogens is 1. The summed E-state index contributed by atoms with van der Waals surface area (Å²) in [5.74, 6) is 0.683. The number of nitrogens with zero attached hydrogens (tertiary/aromatic N) is 2. The molecule has 154 valence electrons. The molecule has 0 N–H and O–H groups in total. The van der Waals surface area contributed by atoms with E-state index in [9.17, 15) is 4.79 Å². The average molecular weight is 402 g/mol. The van der Waals surface area contributed by atoms with E-state index >= 15 is 0 Å². The summed E-state index contributed by atoms with van der Waals surface area (Å²) >= 11 is 0. The molecule has 0 atom stereocenters. The van der Waals surface area contributed by atoms with Crippen molar-refractivity contribution in [2.45, 2.75) is 46.6 Å². The summed E-state index contributed by atoms with van der Waals surface area (Å²) in [6.07, 6.45) is 5.79. The summed E-state index contributed by atoms with van der Waals surface area (Å²) in [5.41, 5.74) is 6.06. The van der Waals surface area contributed by atoms with Crippen molar-refractivity contribution < 1.29 is 8.83 Å². The van der Waals surface area contributed by atoms with E-state index in [4.69, 9.17) is 8.83 Å². The van der Waals surface area contributed by atoms with Gasteiger partial charge in [0.2, 0.25) is 0 Å². The molecule has 4 heterocycles. The molecule has 1 aliphatic heterocycles. The Bertz CT molecular complexity index is 1310. The molecule has 0 spiro atoms. The first-order valence-electron chi connectivity index (χ1n) is 10.7. The van der Waals surface area contributed by atoms with Gasteiger partial charge in [-0.3, -0.25) is 9.88 Å². The first-order chi connectivity index (χ1) is 14.5. The van der Waals surface area contributed by atoms with Crippen LogP contribution in [0.15, 0.2) is 44.1 Å². The molecule has 1 fully saturated rings. The minimum atomic E-state index is -0.371. The fourth-order valence-electron chi connectivity index (χ4n) is 4.44. The molecular formula is C25H26N2O3. The first-order valence-corrected chi connectivity index (χ1v) is 10.7. The van der Waals surface area contributed by atoms with Crippen LogP contribution in [0.3, 0.4) is 0 Å². The molecule has 1 aromatic carbocycles. The van der Waals surface area contributed by atoms with E-state index in [1.54, 1.807) is 0 Å². The zero-order chi connectivity index (χ0) is 20.8. The van der Waals surface area contributed by atoms with Crippen LogP contribution in [0.5, 0.6) is 0 Å². The maximum Gasteiger partial charge on any atom is 0.336 e. The normalized spacial score (nSPS) is 15.3. The van der Waals surface area contributed by atoms with Crippen molar-refractivity contribution in [1.82, 2.24) is 9.88 Å². The summed E-state index contributed by atoms with van der Waals surface area (Å²) in [7, 11) is 0. The molecule has 0 bridgehead atoms. The van der Waals surface area contributed by atoms with Crippen LogP contribution in [0.1, 0.15) is 41.6 Å². The van der Waals surface area contributed by atoms with Crippen molar-refractivity contribution in [3.63, 3.8) is 0 Å². The highest BCUT2D eigenvalue weighted by Gasteiger charge is 2.19. The van der Waals surface area contributed by atoms with Crippen LogP contribution in [0.25, 0.3) is 33.3 Å². The fourth-order valence-corrected chi connectivity index (χ4v) is 4.44. The standard InChI is InChI=1S/C25H26N2O3/c1-15-9-20-21(12-24(28)29-22(20)10-16(15)2)23-11-19-18(13-26-17(3)25(19)30-23)14-27-7-5-4-6-8-27/h9-13H,4-8,14H2,1-3H3. The van der Waals surface area contributed by atoms with Gasteiger partial charge in [-0.2, -0.15) is 0 Å². The first kappa shape index (κ1) is 19.1. The molecule has 4 aromatic rings. The Labute approximate surface area is 175 Å². The minimum absolute atomic E-state index is 0.371. The van der Waals surface area contributed by atoms with Crippen LogP contribution in [0.4, 0.5) is 0 Å². The third-order valence-electron chi connectivity index (χ3n) is 6.29. The zero-order valence-corrected chi connectivity index (χ0v) is 17.7. The van der Waals surface area contributed by atoms with E-state index < -0.39 is 0 Å². The Balaban J connectivity index is 1.67. The van der Waals surface area contributed by atoms with Crippen molar-refractivity contribution in [3.05, 3.63) is 63.3 Å². The molecule has 0 radical (unpaired) electrons. The van der Waals surface area contributed by atoms with E-state index in [1.165, 1.54) is 30.9 Å². The lowest BCUT2D eigenvalue weighted by atomic mass is 10.0. The highest BCUT2D eigenvalue weighted by Crippen LogP contribution is 2.35. The van der Waals surface area contributed by atoms with Gasteiger partial charge >= 0.3 is 5.63 Å². The number of benzene rings is 1. The van der Waals surface area contributed by atoms with Gasteiger partial charge in [0.25, 0.3) is 0 Å². The molecule has 3 aromatic heterocycles. The molecule has 5 heteroatoms. The third kappa shape index (κ3) is 3.33. The van der Waals surface area contributed by atoms with Gasteiger partial charge in [0.1, 0.15) is 11.3 Å². The Morgan fingerprint density at radius 2 is 1.70 bits per heavy atom. The maximum atomic E-state index is 12.3. The van der Waals surface area contributed by atoms with Crippen LogP contribution >= 0.6 is 0 Å². The van der Waals surface area contributed by atoms with Crippen molar-refractivity contribution >= 4 is 21.9 Å². The van der Waals surface area contributed by atoms with Crippen molar-refractivity contribution in [2.24, 2.45) is 0 Å². The Hall–Kier alpha value is -2.92. The van der Waals surface area contributed by atoms with E-state index in [-0.39, 0.29) is 5.63 Å². The van der Waals surface area contributed by atoms with Gasteiger partial charge in [-0.1, -0.05) is 6.42 Å². The highest BCUT2D eigenvalue weighted by molar-refractivity contribution is 5.96. The lowest BCUT2D eigenvalue weighted by Gasteiger charge is -2.26. The monoisotopic (exact) mass is 402 g/mol. The van der Waals surface area contributed by atoms with Gasteiger partial charge in [-0.15, -0.1) is 0 Å². The largest absolute Gasteiger partial charge is 0.454 e. The summed E-state index contributed by atoms with van der Waals surface area (Å²) in [6.45, 7) is 9.17. The SMILES string of the molecule is Cc1cc2oc(=O)cc(-c3cc4c(CN5CCCCC5)cnc(C)c4o3)c2cc1C. The minimum Gasteiger partial charge on any atom is -0.454 e. The van der Waals surface area contributed by atoms with Gasteiger partial charge < -0.3 is 8.83 Å². The van der Waals surface area contributed by atoms with Gasteiger partial charge in [0.15, 0.2) is 5.58 Å². The lowest BCUT2D eigenvalue weighted by molar-refractivity contribution is 0.221. The molecule has 0 unspecified atom stereocenters. The molecule has 1 aliphatic rings. The number of rotatable bonds is 3. The number of hydrogen-bond acceptors (Lipinski definition) is 5. The summed E-state index contributed by atoms with van der Waals surface area (Å²) in [5, 5.41) is 1.97. The van der Waals surface area contributed by atoms with Gasteiger partial charge in [-0.25, -0.2) is 4.79 Å². The predicted octanol–water partition coefficient (Wildman–Crippen LogP) is 5.51. The van der Waals surface area contributed by atoms with E-state index in [0.717, 1.165) is 58.4 Å².